The van der Waals surface area contributed by atoms with Gasteiger partial charge in [0.2, 0.25) is 0 Å². The molecule has 142 valence electrons. The Bertz CT molecular complexity index is 1140. The Balaban J connectivity index is 1.76. The van der Waals surface area contributed by atoms with E-state index in [9.17, 15) is 0 Å². The summed E-state index contributed by atoms with van der Waals surface area (Å²) in [5.41, 5.74) is 4.37. The van der Waals surface area contributed by atoms with E-state index in [4.69, 9.17) is 4.42 Å². The Morgan fingerprint density at radius 2 is 1.62 bits per heavy atom. The summed E-state index contributed by atoms with van der Waals surface area (Å²) in [6.07, 6.45) is 7.35. The summed E-state index contributed by atoms with van der Waals surface area (Å²) < 4.78 is 8.18. The van der Waals surface area contributed by atoms with E-state index in [1.54, 1.807) is 12.3 Å². The summed E-state index contributed by atoms with van der Waals surface area (Å²) in [5.74, 6) is 0.959. The van der Waals surface area contributed by atoms with Crippen molar-refractivity contribution in [2.24, 2.45) is 0 Å². The van der Waals surface area contributed by atoms with Gasteiger partial charge in [0, 0.05) is 0 Å². The van der Waals surface area contributed by atoms with Gasteiger partial charge in [-0.1, -0.05) is 0 Å². The molecule has 0 aliphatic carbocycles. The van der Waals surface area contributed by atoms with Crippen molar-refractivity contribution in [1.82, 2.24) is 0 Å². The fourth-order valence-electron chi connectivity index (χ4n) is 3.22. The number of furan rings is 1. The fraction of sp³-hybridized carbons (Fsp3) is 0. The summed E-state index contributed by atoms with van der Waals surface area (Å²) >= 11 is 0.215. The quantitative estimate of drug-likeness (QED) is 0.225. The zero-order valence-corrected chi connectivity index (χ0v) is 17.7. The molecule has 4 rings (SSSR count). The van der Waals surface area contributed by atoms with Gasteiger partial charge in [0.1, 0.15) is 0 Å². The van der Waals surface area contributed by atoms with Gasteiger partial charge in [0.05, 0.1) is 0 Å². The van der Waals surface area contributed by atoms with E-state index in [0.717, 1.165) is 22.8 Å². The van der Waals surface area contributed by atoms with Crippen molar-refractivity contribution in [2.45, 2.75) is 0 Å². The molecular weight excluding hydrogens is 421 g/mol. The molecule has 0 amide bonds. The van der Waals surface area contributed by atoms with Crippen LogP contribution in [0.2, 0.25) is 0 Å². The molecule has 0 N–H and O–H groups in total. The first-order chi connectivity index (χ1) is 14.3. The van der Waals surface area contributed by atoms with Crippen molar-refractivity contribution in [3.8, 4) is 20.2 Å². The van der Waals surface area contributed by atoms with Crippen molar-refractivity contribution in [2.75, 3.05) is 4.90 Å². The molecule has 2 heterocycles. The second kappa shape index (κ2) is 8.83. The van der Waals surface area contributed by atoms with Crippen LogP contribution in [0.1, 0.15) is 0 Å². The van der Waals surface area contributed by atoms with Gasteiger partial charge in [0.15, 0.2) is 0 Å². The predicted octanol–water partition coefficient (Wildman–Crippen LogP) is 7.06. The molecule has 0 fully saturated rings. The van der Waals surface area contributed by atoms with Crippen LogP contribution in [-0.2, 0) is 0 Å². The average molecular weight is 442 g/mol. The van der Waals surface area contributed by atoms with Crippen LogP contribution in [0.4, 0.5) is 11.4 Å². The van der Waals surface area contributed by atoms with Crippen molar-refractivity contribution in [3.05, 3.63) is 122 Å². The second-order valence-corrected chi connectivity index (χ2v) is 8.67. The van der Waals surface area contributed by atoms with Gasteiger partial charge < -0.3 is 0 Å². The number of rotatable bonds is 7. The Labute approximate surface area is 177 Å². The summed E-state index contributed by atoms with van der Waals surface area (Å²) in [6.45, 7) is 7.86. The minimum absolute atomic E-state index is 0.215. The topological polar surface area (TPSA) is 16.4 Å². The normalized spacial score (nSPS) is 11.2. The van der Waals surface area contributed by atoms with Gasteiger partial charge in [0.25, 0.3) is 0 Å². The Hall–Kier alpha value is -3.26. The van der Waals surface area contributed by atoms with Crippen molar-refractivity contribution in [1.29, 1.82) is 0 Å². The second-order valence-electron chi connectivity index (χ2n) is 6.39. The number of hydrogen-bond acceptors (Lipinski definition) is 2. The molecule has 2 aromatic carbocycles. The molecule has 0 spiro atoms. The molecular formula is C26H21NOSe. The van der Waals surface area contributed by atoms with Crippen molar-refractivity contribution < 1.29 is 4.42 Å². The number of allylic oxidation sites excluding steroid dienone is 3. The van der Waals surface area contributed by atoms with Gasteiger partial charge in [-0.15, -0.1) is 0 Å². The monoisotopic (exact) mass is 443 g/mol. The van der Waals surface area contributed by atoms with Crippen LogP contribution in [0, 0.1) is 0 Å². The van der Waals surface area contributed by atoms with Crippen molar-refractivity contribution >= 4 is 25.9 Å². The van der Waals surface area contributed by atoms with Crippen LogP contribution in [0.25, 0.3) is 20.2 Å². The molecule has 0 atom stereocenters. The molecule has 0 bridgehead atoms. The molecule has 3 heteroatoms. The maximum absolute atomic E-state index is 5.57. The van der Waals surface area contributed by atoms with Crippen LogP contribution in [-0.4, -0.2) is 14.5 Å². The Morgan fingerprint density at radius 3 is 2.34 bits per heavy atom. The maximum atomic E-state index is 5.57. The SMILES string of the molecule is C=C/C=C(\C=C)N(c1ccccc1)c1cccc(-c2ccc(-c3ccco3)[se]2)c1. The zero-order chi connectivity index (χ0) is 20.1. The molecule has 4 aromatic rings. The van der Waals surface area contributed by atoms with E-state index in [2.05, 4.69) is 66.6 Å². The van der Waals surface area contributed by atoms with Crippen LogP contribution in [0.15, 0.2) is 127 Å². The molecule has 0 aliphatic rings. The van der Waals surface area contributed by atoms with E-state index < -0.39 is 0 Å². The number of anilines is 2. The third-order valence-electron chi connectivity index (χ3n) is 4.53. The number of nitrogens with zero attached hydrogens (tertiary/aromatic N) is 1. The Morgan fingerprint density at radius 1 is 0.828 bits per heavy atom. The van der Waals surface area contributed by atoms with Crippen LogP contribution >= 0.6 is 0 Å². The van der Waals surface area contributed by atoms with Gasteiger partial charge in [-0.25, -0.2) is 0 Å². The molecule has 0 saturated carbocycles. The van der Waals surface area contributed by atoms with Crippen molar-refractivity contribution in [3.63, 3.8) is 0 Å². The van der Waals surface area contributed by atoms with E-state index >= 15 is 0 Å². The summed E-state index contributed by atoms with van der Waals surface area (Å²) in [7, 11) is 0. The first-order valence-electron chi connectivity index (χ1n) is 9.34. The van der Waals surface area contributed by atoms with E-state index in [1.807, 2.05) is 42.5 Å². The average Bonchev–Trinajstić information content (AvgIpc) is 3.46. The molecule has 2 aromatic heterocycles. The third-order valence-corrected chi connectivity index (χ3v) is 6.94. The van der Waals surface area contributed by atoms with E-state index in [1.165, 1.54) is 14.4 Å². The Kier molecular flexibility index (Phi) is 5.81. The summed E-state index contributed by atoms with van der Waals surface area (Å²) in [6, 6.07) is 27.3. The summed E-state index contributed by atoms with van der Waals surface area (Å²) in [4.78, 5) is 2.20. The van der Waals surface area contributed by atoms with Crippen LogP contribution in [0.5, 0.6) is 0 Å². The predicted molar refractivity (Wildman–Crippen MR) is 124 cm³/mol. The molecule has 0 aliphatic heterocycles. The van der Waals surface area contributed by atoms with Crippen LogP contribution < -0.4 is 4.90 Å². The summed E-state index contributed by atoms with van der Waals surface area (Å²) in [5, 5.41) is 0. The standard InChI is InChI=1S/C26H21NOSe/c1-3-10-21(4-2)27(22-12-6-5-7-13-22)23-14-8-11-20(19-23)25-16-17-26(29-25)24-15-9-18-28-24/h3-19H,1-2H2/b21-10+. The van der Waals surface area contributed by atoms with Gasteiger partial charge in [-0.3, -0.25) is 0 Å². The van der Waals surface area contributed by atoms with Gasteiger partial charge in [-0.05, 0) is 0 Å². The molecule has 0 saturated heterocycles. The molecule has 2 nitrogen and oxygen atoms in total. The first kappa shape index (κ1) is 19.1. The molecule has 0 unspecified atom stereocenters. The van der Waals surface area contributed by atoms with Gasteiger partial charge >= 0.3 is 178 Å². The molecule has 0 radical (unpaired) electrons. The number of para-hydroxylation sites is 1. The van der Waals surface area contributed by atoms with E-state index in [-0.39, 0.29) is 14.5 Å². The first-order valence-corrected chi connectivity index (χ1v) is 11.1. The van der Waals surface area contributed by atoms with Crippen LogP contribution in [0.3, 0.4) is 0 Å². The zero-order valence-electron chi connectivity index (χ0n) is 16.0. The fourth-order valence-corrected chi connectivity index (χ4v) is 5.26. The minimum atomic E-state index is 0.215. The number of benzene rings is 2. The number of hydrogen-bond donors (Lipinski definition) is 0. The molecule has 29 heavy (non-hydrogen) atoms. The third kappa shape index (κ3) is 4.12. The van der Waals surface area contributed by atoms with E-state index in [0.29, 0.717) is 0 Å². The van der Waals surface area contributed by atoms with Gasteiger partial charge in [-0.2, -0.15) is 0 Å².